The lowest BCUT2D eigenvalue weighted by molar-refractivity contribution is -0.154. The van der Waals surface area contributed by atoms with Crippen molar-refractivity contribution >= 4 is 17.6 Å². The van der Waals surface area contributed by atoms with E-state index in [1.807, 2.05) is 0 Å². The van der Waals surface area contributed by atoms with Gasteiger partial charge < -0.3 is 15.4 Å². The minimum absolute atomic E-state index is 0.00581. The van der Waals surface area contributed by atoms with E-state index >= 15 is 0 Å². The second-order valence-corrected chi connectivity index (χ2v) is 6.25. The SMILES string of the molecule is O=C(NCc1cccc(OCC(F)(F)F)n1)c1ccnc(NC(=O)C2CC2)c1. The fraction of sp³-hybridized carbons (Fsp3) is 0.333. The fourth-order valence-corrected chi connectivity index (χ4v) is 2.28. The molecule has 1 fully saturated rings. The maximum atomic E-state index is 12.3. The second kappa shape index (κ2) is 8.24. The van der Waals surface area contributed by atoms with Crippen molar-refractivity contribution in [3.8, 4) is 5.88 Å². The van der Waals surface area contributed by atoms with E-state index in [1.165, 1.54) is 30.5 Å². The van der Waals surface area contributed by atoms with Crippen LogP contribution in [0.4, 0.5) is 19.0 Å². The molecule has 0 spiro atoms. The molecule has 0 saturated heterocycles. The summed E-state index contributed by atoms with van der Waals surface area (Å²) in [6, 6.07) is 7.27. The number of hydrogen-bond donors (Lipinski definition) is 2. The zero-order valence-corrected chi connectivity index (χ0v) is 14.6. The van der Waals surface area contributed by atoms with Gasteiger partial charge in [-0.05, 0) is 31.0 Å². The molecule has 0 bridgehead atoms. The summed E-state index contributed by atoms with van der Waals surface area (Å²) in [4.78, 5) is 32.0. The summed E-state index contributed by atoms with van der Waals surface area (Å²) in [6.45, 7) is -1.45. The van der Waals surface area contributed by atoms with Crippen molar-refractivity contribution in [3.05, 3.63) is 47.8 Å². The normalized spacial score (nSPS) is 13.7. The average Bonchev–Trinajstić information content (AvgIpc) is 3.50. The molecule has 10 heteroatoms. The summed E-state index contributed by atoms with van der Waals surface area (Å²) >= 11 is 0. The molecule has 0 aliphatic heterocycles. The van der Waals surface area contributed by atoms with Gasteiger partial charge in [0.05, 0.1) is 12.2 Å². The summed E-state index contributed by atoms with van der Waals surface area (Å²) in [6.07, 6.45) is -1.35. The Balaban J connectivity index is 1.56. The Labute approximate surface area is 158 Å². The molecule has 7 nitrogen and oxygen atoms in total. The molecular formula is C18H17F3N4O3. The van der Waals surface area contributed by atoms with Gasteiger partial charge in [0, 0.05) is 23.7 Å². The van der Waals surface area contributed by atoms with E-state index in [4.69, 9.17) is 0 Å². The van der Waals surface area contributed by atoms with E-state index in [9.17, 15) is 22.8 Å². The number of nitrogens with one attached hydrogen (secondary N) is 2. The fourth-order valence-electron chi connectivity index (χ4n) is 2.28. The zero-order valence-electron chi connectivity index (χ0n) is 14.6. The first-order valence-corrected chi connectivity index (χ1v) is 8.51. The molecule has 1 saturated carbocycles. The molecule has 1 aliphatic carbocycles. The van der Waals surface area contributed by atoms with E-state index in [2.05, 4.69) is 25.3 Å². The summed E-state index contributed by atoms with van der Waals surface area (Å²) in [7, 11) is 0. The summed E-state index contributed by atoms with van der Waals surface area (Å²) in [5.74, 6) is -0.446. The van der Waals surface area contributed by atoms with Crippen LogP contribution in [0.25, 0.3) is 0 Å². The van der Waals surface area contributed by atoms with Crippen molar-refractivity contribution in [2.75, 3.05) is 11.9 Å². The van der Waals surface area contributed by atoms with Gasteiger partial charge in [-0.3, -0.25) is 9.59 Å². The first kappa shape index (κ1) is 19.6. The van der Waals surface area contributed by atoms with Crippen LogP contribution in [0.5, 0.6) is 5.88 Å². The average molecular weight is 394 g/mol. The molecule has 0 unspecified atom stereocenters. The van der Waals surface area contributed by atoms with Gasteiger partial charge in [-0.15, -0.1) is 0 Å². The van der Waals surface area contributed by atoms with Crippen LogP contribution in [0.3, 0.4) is 0 Å². The van der Waals surface area contributed by atoms with E-state index in [-0.39, 0.29) is 35.6 Å². The lowest BCUT2D eigenvalue weighted by atomic mass is 10.2. The quantitative estimate of drug-likeness (QED) is 0.753. The predicted molar refractivity (Wildman–Crippen MR) is 92.5 cm³/mol. The van der Waals surface area contributed by atoms with Gasteiger partial charge in [0.25, 0.3) is 5.91 Å². The van der Waals surface area contributed by atoms with Gasteiger partial charge in [0.2, 0.25) is 11.8 Å². The van der Waals surface area contributed by atoms with Crippen LogP contribution < -0.4 is 15.4 Å². The highest BCUT2D eigenvalue weighted by Gasteiger charge is 2.30. The van der Waals surface area contributed by atoms with Crippen molar-refractivity contribution in [1.29, 1.82) is 0 Å². The van der Waals surface area contributed by atoms with Gasteiger partial charge in [0.15, 0.2) is 6.61 Å². The number of hydrogen-bond acceptors (Lipinski definition) is 5. The van der Waals surface area contributed by atoms with Gasteiger partial charge in [-0.25, -0.2) is 9.97 Å². The lowest BCUT2D eigenvalue weighted by Crippen LogP contribution is -2.24. The number of halogens is 3. The first-order chi connectivity index (χ1) is 13.3. The van der Waals surface area contributed by atoms with Crippen LogP contribution in [0.1, 0.15) is 28.9 Å². The van der Waals surface area contributed by atoms with Crippen molar-refractivity contribution in [1.82, 2.24) is 15.3 Å². The molecule has 2 N–H and O–H groups in total. The highest BCUT2D eigenvalue weighted by molar-refractivity contribution is 5.97. The van der Waals surface area contributed by atoms with Crippen LogP contribution in [0, 0.1) is 5.92 Å². The summed E-state index contributed by atoms with van der Waals surface area (Å²) in [5.41, 5.74) is 0.620. The largest absolute Gasteiger partial charge is 0.468 e. The minimum atomic E-state index is -4.46. The molecule has 1 aliphatic rings. The number of nitrogens with zero attached hydrogens (tertiary/aromatic N) is 2. The van der Waals surface area contributed by atoms with Crippen molar-refractivity contribution in [3.63, 3.8) is 0 Å². The molecule has 2 aromatic heterocycles. The molecule has 28 heavy (non-hydrogen) atoms. The number of amides is 2. The Morgan fingerprint density at radius 2 is 2.00 bits per heavy atom. The zero-order chi connectivity index (χ0) is 20.1. The third-order valence-corrected chi connectivity index (χ3v) is 3.82. The monoisotopic (exact) mass is 394 g/mol. The van der Waals surface area contributed by atoms with E-state index in [1.54, 1.807) is 6.07 Å². The van der Waals surface area contributed by atoms with Gasteiger partial charge in [0.1, 0.15) is 5.82 Å². The molecule has 0 atom stereocenters. The molecule has 2 amide bonds. The Morgan fingerprint density at radius 1 is 1.21 bits per heavy atom. The van der Waals surface area contributed by atoms with Crippen molar-refractivity contribution < 1.29 is 27.5 Å². The topological polar surface area (TPSA) is 93.2 Å². The Morgan fingerprint density at radius 3 is 2.71 bits per heavy atom. The molecule has 3 rings (SSSR count). The van der Waals surface area contributed by atoms with Gasteiger partial charge >= 0.3 is 6.18 Å². The smallest absolute Gasteiger partial charge is 0.422 e. The number of pyridine rings is 2. The van der Waals surface area contributed by atoms with E-state index < -0.39 is 18.7 Å². The molecule has 0 aromatic carbocycles. The lowest BCUT2D eigenvalue weighted by Gasteiger charge is -2.10. The van der Waals surface area contributed by atoms with Crippen LogP contribution in [-0.4, -0.2) is 34.6 Å². The van der Waals surface area contributed by atoms with Gasteiger partial charge in [-0.1, -0.05) is 6.07 Å². The third kappa shape index (κ3) is 5.93. The Bertz CT molecular complexity index is 869. The number of rotatable bonds is 7. The van der Waals surface area contributed by atoms with Crippen LogP contribution in [0.2, 0.25) is 0 Å². The predicted octanol–water partition coefficient (Wildman–Crippen LogP) is 2.70. The maximum Gasteiger partial charge on any atom is 0.422 e. The summed E-state index contributed by atoms with van der Waals surface area (Å²) in [5, 5.41) is 5.27. The number of anilines is 1. The maximum absolute atomic E-state index is 12.3. The van der Waals surface area contributed by atoms with E-state index in [0.29, 0.717) is 5.69 Å². The van der Waals surface area contributed by atoms with Crippen LogP contribution in [-0.2, 0) is 11.3 Å². The number of carbonyl (C=O) groups excluding carboxylic acids is 2. The Hall–Kier alpha value is -3.17. The number of aromatic nitrogens is 2. The summed E-state index contributed by atoms with van der Waals surface area (Å²) < 4.78 is 41.2. The van der Waals surface area contributed by atoms with Gasteiger partial charge in [-0.2, -0.15) is 13.2 Å². The molecule has 2 heterocycles. The van der Waals surface area contributed by atoms with Crippen molar-refractivity contribution in [2.45, 2.75) is 25.6 Å². The third-order valence-electron chi connectivity index (χ3n) is 3.82. The van der Waals surface area contributed by atoms with Crippen LogP contribution in [0.15, 0.2) is 36.5 Å². The highest BCUT2D eigenvalue weighted by atomic mass is 19.4. The molecule has 2 aromatic rings. The minimum Gasteiger partial charge on any atom is -0.468 e. The number of ether oxygens (including phenoxy) is 1. The molecule has 0 radical (unpaired) electrons. The second-order valence-electron chi connectivity index (χ2n) is 6.25. The molecular weight excluding hydrogens is 377 g/mol. The first-order valence-electron chi connectivity index (χ1n) is 8.51. The van der Waals surface area contributed by atoms with E-state index in [0.717, 1.165) is 12.8 Å². The van der Waals surface area contributed by atoms with Crippen molar-refractivity contribution in [2.24, 2.45) is 5.92 Å². The van der Waals surface area contributed by atoms with Crippen LogP contribution >= 0.6 is 0 Å². The standard InChI is InChI=1S/C18H17F3N4O3/c19-18(20,21)10-28-15-3-1-2-13(24-15)9-23-16(26)12-6-7-22-14(8-12)25-17(27)11-4-5-11/h1-3,6-8,11H,4-5,9-10H2,(H,23,26)(H,22,25,27). The highest BCUT2D eigenvalue weighted by Crippen LogP contribution is 2.30. The number of alkyl halides is 3. The number of carbonyl (C=O) groups is 2. The Kier molecular flexibility index (Phi) is 5.76. The molecule has 148 valence electrons.